The SMILES string of the molecule is CCCCCCCOc1ccc(NCCOc2cc(C)ccc2C)cc1. The van der Waals surface area contributed by atoms with Crippen LogP contribution in [0.3, 0.4) is 0 Å². The molecule has 2 aromatic rings. The van der Waals surface area contributed by atoms with E-state index in [-0.39, 0.29) is 0 Å². The largest absolute Gasteiger partial charge is 0.494 e. The van der Waals surface area contributed by atoms with Gasteiger partial charge in [-0.1, -0.05) is 44.7 Å². The topological polar surface area (TPSA) is 30.5 Å². The number of nitrogens with one attached hydrogen (secondary N) is 1. The minimum atomic E-state index is 0.639. The summed E-state index contributed by atoms with van der Waals surface area (Å²) in [5.41, 5.74) is 3.48. The van der Waals surface area contributed by atoms with E-state index < -0.39 is 0 Å². The highest BCUT2D eigenvalue weighted by atomic mass is 16.5. The Morgan fingerprint density at radius 3 is 2.35 bits per heavy atom. The second-order valence-electron chi connectivity index (χ2n) is 6.83. The van der Waals surface area contributed by atoms with Gasteiger partial charge in [0.1, 0.15) is 18.1 Å². The fourth-order valence-corrected chi connectivity index (χ4v) is 2.78. The third-order valence-electron chi connectivity index (χ3n) is 4.40. The lowest BCUT2D eigenvalue weighted by Gasteiger charge is -2.12. The van der Waals surface area contributed by atoms with Crippen LogP contribution in [0.25, 0.3) is 0 Å². The first kappa shape index (κ1) is 20.2. The van der Waals surface area contributed by atoms with E-state index >= 15 is 0 Å². The standard InChI is InChI=1S/C23H33NO2/c1-4-5-6-7-8-16-25-22-13-11-21(12-14-22)24-15-17-26-23-18-19(2)9-10-20(23)3/h9-14,18,24H,4-8,15-17H2,1-3H3. The lowest BCUT2D eigenvalue weighted by atomic mass is 10.1. The first-order valence-corrected chi connectivity index (χ1v) is 9.86. The quantitative estimate of drug-likeness (QED) is 0.464. The fraction of sp³-hybridized carbons (Fsp3) is 0.478. The van der Waals surface area contributed by atoms with Gasteiger partial charge < -0.3 is 14.8 Å². The Kier molecular flexibility index (Phi) is 8.88. The number of unbranched alkanes of at least 4 members (excludes halogenated alkanes) is 4. The van der Waals surface area contributed by atoms with E-state index in [2.05, 4.69) is 56.4 Å². The van der Waals surface area contributed by atoms with E-state index in [1.807, 2.05) is 12.1 Å². The van der Waals surface area contributed by atoms with Crippen LogP contribution in [0.2, 0.25) is 0 Å². The molecule has 0 bridgehead atoms. The summed E-state index contributed by atoms with van der Waals surface area (Å²) in [5.74, 6) is 1.91. The van der Waals surface area contributed by atoms with E-state index in [4.69, 9.17) is 9.47 Å². The number of aryl methyl sites for hydroxylation is 2. The Morgan fingerprint density at radius 1 is 0.808 bits per heavy atom. The predicted molar refractivity (Wildman–Crippen MR) is 111 cm³/mol. The van der Waals surface area contributed by atoms with Crippen LogP contribution >= 0.6 is 0 Å². The number of hydrogen-bond acceptors (Lipinski definition) is 3. The van der Waals surface area contributed by atoms with Crippen molar-refractivity contribution >= 4 is 5.69 Å². The molecule has 2 rings (SSSR count). The molecule has 0 aromatic heterocycles. The zero-order chi connectivity index (χ0) is 18.6. The Labute approximate surface area is 158 Å². The van der Waals surface area contributed by atoms with Gasteiger partial charge in [0.2, 0.25) is 0 Å². The van der Waals surface area contributed by atoms with Crippen LogP contribution in [0, 0.1) is 13.8 Å². The van der Waals surface area contributed by atoms with Crippen molar-refractivity contribution < 1.29 is 9.47 Å². The van der Waals surface area contributed by atoms with Crippen molar-refractivity contribution in [3.05, 3.63) is 53.6 Å². The van der Waals surface area contributed by atoms with Gasteiger partial charge in [-0.15, -0.1) is 0 Å². The molecule has 0 saturated heterocycles. The molecular weight excluding hydrogens is 322 g/mol. The van der Waals surface area contributed by atoms with Crippen molar-refractivity contribution in [2.45, 2.75) is 52.9 Å². The third-order valence-corrected chi connectivity index (χ3v) is 4.40. The summed E-state index contributed by atoms with van der Waals surface area (Å²) < 4.78 is 11.7. The van der Waals surface area contributed by atoms with E-state index in [0.29, 0.717) is 6.61 Å². The van der Waals surface area contributed by atoms with Crippen molar-refractivity contribution in [3.63, 3.8) is 0 Å². The predicted octanol–water partition coefficient (Wildman–Crippen LogP) is 6.14. The normalized spacial score (nSPS) is 10.6. The molecule has 2 aromatic carbocycles. The maximum absolute atomic E-state index is 5.87. The van der Waals surface area contributed by atoms with Gasteiger partial charge in [0.15, 0.2) is 0 Å². The highest BCUT2D eigenvalue weighted by Gasteiger charge is 2.00. The number of hydrogen-bond donors (Lipinski definition) is 1. The van der Waals surface area contributed by atoms with Crippen molar-refractivity contribution in [1.29, 1.82) is 0 Å². The molecule has 0 aliphatic rings. The zero-order valence-corrected chi connectivity index (χ0v) is 16.5. The summed E-state index contributed by atoms with van der Waals surface area (Å²) in [6, 6.07) is 14.5. The van der Waals surface area contributed by atoms with E-state index in [0.717, 1.165) is 36.8 Å². The molecule has 0 atom stereocenters. The lowest BCUT2D eigenvalue weighted by Crippen LogP contribution is -2.12. The van der Waals surface area contributed by atoms with Crippen LogP contribution < -0.4 is 14.8 Å². The molecule has 0 spiro atoms. The summed E-state index contributed by atoms with van der Waals surface area (Å²) in [4.78, 5) is 0. The minimum Gasteiger partial charge on any atom is -0.494 e. The molecule has 26 heavy (non-hydrogen) atoms. The molecule has 0 saturated carbocycles. The first-order valence-electron chi connectivity index (χ1n) is 9.86. The molecular formula is C23H33NO2. The Hall–Kier alpha value is -2.16. The van der Waals surface area contributed by atoms with Gasteiger partial charge in [-0.2, -0.15) is 0 Å². The van der Waals surface area contributed by atoms with Crippen LogP contribution in [0.4, 0.5) is 5.69 Å². The van der Waals surface area contributed by atoms with Gasteiger partial charge in [-0.05, 0) is 61.7 Å². The maximum atomic E-state index is 5.87. The molecule has 3 heteroatoms. The Bertz CT molecular complexity index is 637. The third kappa shape index (κ3) is 7.38. The van der Waals surface area contributed by atoms with Crippen LogP contribution in [0.5, 0.6) is 11.5 Å². The molecule has 0 radical (unpaired) electrons. The minimum absolute atomic E-state index is 0.639. The average molecular weight is 356 g/mol. The van der Waals surface area contributed by atoms with Crippen molar-refractivity contribution in [3.8, 4) is 11.5 Å². The monoisotopic (exact) mass is 355 g/mol. The molecule has 1 N–H and O–H groups in total. The highest BCUT2D eigenvalue weighted by Crippen LogP contribution is 2.19. The van der Waals surface area contributed by atoms with E-state index in [9.17, 15) is 0 Å². The van der Waals surface area contributed by atoms with Crippen LogP contribution in [0.15, 0.2) is 42.5 Å². The molecule has 0 aliphatic heterocycles. The molecule has 0 amide bonds. The van der Waals surface area contributed by atoms with E-state index in [1.165, 1.54) is 36.8 Å². The fourth-order valence-electron chi connectivity index (χ4n) is 2.78. The van der Waals surface area contributed by atoms with Crippen LogP contribution in [-0.2, 0) is 0 Å². The highest BCUT2D eigenvalue weighted by molar-refractivity contribution is 5.46. The van der Waals surface area contributed by atoms with Gasteiger partial charge in [0.25, 0.3) is 0 Å². The molecule has 0 unspecified atom stereocenters. The van der Waals surface area contributed by atoms with Crippen molar-refractivity contribution in [1.82, 2.24) is 0 Å². The zero-order valence-electron chi connectivity index (χ0n) is 16.5. The maximum Gasteiger partial charge on any atom is 0.122 e. The summed E-state index contributed by atoms with van der Waals surface area (Å²) in [6.45, 7) is 8.61. The number of benzene rings is 2. The summed E-state index contributed by atoms with van der Waals surface area (Å²) in [6.07, 6.45) is 6.31. The van der Waals surface area contributed by atoms with Gasteiger partial charge in [-0.25, -0.2) is 0 Å². The second-order valence-corrected chi connectivity index (χ2v) is 6.83. The summed E-state index contributed by atoms with van der Waals surface area (Å²) in [7, 11) is 0. The van der Waals surface area contributed by atoms with Crippen molar-refractivity contribution in [2.75, 3.05) is 25.1 Å². The average Bonchev–Trinajstić information content (AvgIpc) is 2.65. The Balaban J connectivity index is 1.63. The lowest BCUT2D eigenvalue weighted by molar-refractivity contribution is 0.304. The number of anilines is 1. The van der Waals surface area contributed by atoms with Gasteiger partial charge in [0, 0.05) is 12.2 Å². The smallest absolute Gasteiger partial charge is 0.122 e. The number of ether oxygens (including phenoxy) is 2. The number of rotatable bonds is 12. The van der Waals surface area contributed by atoms with Gasteiger partial charge in [-0.3, -0.25) is 0 Å². The van der Waals surface area contributed by atoms with Gasteiger partial charge in [0.05, 0.1) is 6.61 Å². The molecule has 142 valence electrons. The van der Waals surface area contributed by atoms with Gasteiger partial charge >= 0.3 is 0 Å². The molecule has 0 heterocycles. The molecule has 0 aliphatic carbocycles. The first-order chi connectivity index (χ1) is 12.7. The molecule has 0 fully saturated rings. The second kappa shape index (κ2) is 11.5. The summed E-state index contributed by atoms with van der Waals surface area (Å²) in [5, 5.41) is 3.39. The van der Waals surface area contributed by atoms with Crippen molar-refractivity contribution in [2.24, 2.45) is 0 Å². The summed E-state index contributed by atoms with van der Waals surface area (Å²) >= 11 is 0. The van der Waals surface area contributed by atoms with Crippen LogP contribution in [0.1, 0.15) is 50.2 Å². The van der Waals surface area contributed by atoms with E-state index in [1.54, 1.807) is 0 Å². The van der Waals surface area contributed by atoms with Crippen LogP contribution in [-0.4, -0.2) is 19.8 Å². The molecule has 3 nitrogen and oxygen atoms in total. The Morgan fingerprint density at radius 2 is 1.58 bits per heavy atom.